The number of hydrogen-bond acceptors (Lipinski definition) is 6. The molecule has 7 unspecified atom stereocenters. The van der Waals surface area contributed by atoms with E-state index in [1.165, 1.54) is 5.56 Å². The van der Waals surface area contributed by atoms with Gasteiger partial charge in [0.25, 0.3) is 0 Å². The van der Waals surface area contributed by atoms with Gasteiger partial charge in [-0.15, -0.1) is 0 Å². The van der Waals surface area contributed by atoms with Crippen molar-refractivity contribution in [2.45, 2.75) is 102 Å². The van der Waals surface area contributed by atoms with Crippen LogP contribution in [0.2, 0.25) is 0 Å². The first-order chi connectivity index (χ1) is 16.2. The summed E-state index contributed by atoms with van der Waals surface area (Å²) in [6, 6.07) is 10.4. The summed E-state index contributed by atoms with van der Waals surface area (Å²) in [7, 11) is 0. The molecule has 0 bridgehead atoms. The molecule has 2 saturated heterocycles. The van der Waals surface area contributed by atoms with Crippen molar-refractivity contribution in [1.82, 2.24) is 0 Å². The molecule has 1 aromatic rings. The van der Waals surface area contributed by atoms with Crippen molar-refractivity contribution in [1.29, 1.82) is 0 Å². The molecule has 1 aromatic carbocycles. The Morgan fingerprint density at radius 1 is 1.00 bits per heavy atom. The van der Waals surface area contributed by atoms with Gasteiger partial charge in [-0.05, 0) is 75.2 Å². The van der Waals surface area contributed by atoms with E-state index in [4.69, 9.17) is 18.9 Å². The first kappa shape index (κ1) is 24.8. The average molecular weight is 461 g/mol. The first-order valence-corrected chi connectivity index (χ1v) is 12.9. The number of aliphatic hydroxyl groups excluding tert-OH is 1. The standard InChI is InChI=1S/C27H40O6/c28-15-14-22-23(25(19-24(22)29)33-27-11-5-7-17-31-27)13-12-21(18-20-8-2-1-3-9-20)32-26-10-4-6-16-30-26/h1-3,8-9,15,21-27,29H,4-7,10-14,16-19H2. The molecule has 6 nitrogen and oxygen atoms in total. The molecule has 4 rings (SSSR count). The number of hydrogen-bond donors (Lipinski definition) is 1. The zero-order valence-electron chi connectivity index (χ0n) is 19.7. The highest BCUT2D eigenvalue weighted by Gasteiger charge is 2.44. The minimum absolute atomic E-state index is 0.0247. The highest BCUT2D eigenvalue weighted by molar-refractivity contribution is 5.50. The van der Waals surface area contributed by atoms with Crippen LogP contribution in [0, 0.1) is 11.8 Å². The highest BCUT2D eigenvalue weighted by atomic mass is 16.7. The van der Waals surface area contributed by atoms with Gasteiger partial charge in [-0.3, -0.25) is 0 Å². The Labute approximate surface area is 197 Å². The van der Waals surface area contributed by atoms with Crippen LogP contribution in [0.25, 0.3) is 0 Å². The van der Waals surface area contributed by atoms with Gasteiger partial charge in [0.15, 0.2) is 12.6 Å². The summed E-state index contributed by atoms with van der Waals surface area (Å²) in [6.07, 6.45) is 9.73. The van der Waals surface area contributed by atoms with Crippen molar-refractivity contribution in [3.8, 4) is 0 Å². The fourth-order valence-electron chi connectivity index (χ4n) is 5.67. The smallest absolute Gasteiger partial charge is 0.157 e. The number of ether oxygens (including phenoxy) is 4. The van der Waals surface area contributed by atoms with Gasteiger partial charge in [0.05, 0.1) is 18.3 Å². The van der Waals surface area contributed by atoms with Gasteiger partial charge < -0.3 is 28.8 Å². The summed E-state index contributed by atoms with van der Waals surface area (Å²) < 4.78 is 24.5. The number of benzene rings is 1. The van der Waals surface area contributed by atoms with Crippen LogP contribution in [0.1, 0.15) is 69.8 Å². The van der Waals surface area contributed by atoms with E-state index in [0.29, 0.717) is 12.8 Å². The molecule has 0 spiro atoms. The molecule has 184 valence electrons. The van der Waals surface area contributed by atoms with Gasteiger partial charge in [0, 0.05) is 26.1 Å². The van der Waals surface area contributed by atoms with Crippen molar-refractivity contribution in [3.63, 3.8) is 0 Å². The van der Waals surface area contributed by atoms with E-state index in [2.05, 4.69) is 24.3 Å². The monoisotopic (exact) mass is 460 g/mol. The minimum Gasteiger partial charge on any atom is -0.393 e. The molecule has 1 saturated carbocycles. The maximum absolute atomic E-state index is 11.4. The maximum atomic E-state index is 11.4. The largest absolute Gasteiger partial charge is 0.393 e. The second-order valence-corrected chi connectivity index (χ2v) is 9.83. The van der Waals surface area contributed by atoms with Gasteiger partial charge in [-0.2, -0.15) is 0 Å². The Balaban J connectivity index is 1.41. The van der Waals surface area contributed by atoms with Gasteiger partial charge in [-0.25, -0.2) is 0 Å². The third kappa shape index (κ3) is 7.33. The molecule has 1 aliphatic carbocycles. The van der Waals surface area contributed by atoms with E-state index in [1.54, 1.807) is 0 Å². The first-order valence-electron chi connectivity index (χ1n) is 12.9. The van der Waals surface area contributed by atoms with Crippen molar-refractivity contribution >= 4 is 6.29 Å². The van der Waals surface area contributed by atoms with Gasteiger partial charge in [0.2, 0.25) is 0 Å². The molecule has 2 aliphatic heterocycles. The molecular weight excluding hydrogens is 420 g/mol. The molecule has 0 aromatic heterocycles. The Kier molecular flexibility index (Phi) is 9.74. The molecule has 6 heteroatoms. The van der Waals surface area contributed by atoms with E-state index in [9.17, 15) is 9.90 Å². The summed E-state index contributed by atoms with van der Waals surface area (Å²) in [5.74, 6) is 0.0456. The lowest BCUT2D eigenvalue weighted by Crippen LogP contribution is -2.33. The average Bonchev–Trinajstić information content (AvgIpc) is 3.13. The van der Waals surface area contributed by atoms with Crippen molar-refractivity contribution in [2.24, 2.45) is 11.8 Å². The molecular formula is C27H40O6. The van der Waals surface area contributed by atoms with E-state index in [-0.39, 0.29) is 36.6 Å². The van der Waals surface area contributed by atoms with Gasteiger partial charge in [-0.1, -0.05) is 30.3 Å². The van der Waals surface area contributed by atoms with E-state index in [0.717, 1.165) is 77.3 Å². The van der Waals surface area contributed by atoms with Crippen LogP contribution in [0.4, 0.5) is 0 Å². The molecule has 3 aliphatic rings. The Hall–Kier alpha value is -1.31. The van der Waals surface area contributed by atoms with Crippen LogP contribution < -0.4 is 0 Å². The molecule has 7 atom stereocenters. The lowest BCUT2D eigenvalue weighted by atomic mass is 9.86. The Bertz CT molecular complexity index is 685. The van der Waals surface area contributed by atoms with E-state index >= 15 is 0 Å². The van der Waals surface area contributed by atoms with Crippen molar-refractivity contribution in [2.75, 3.05) is 13.2 Å². The second-order valence-electron chi connectivity index (χ2n) is 9.83. The summed E-state index contributed by atoms with van der Waals surface area (Å²) >= 11 is 0. The summed E-state index contributed by atoms with van der Waals surface area (Å²) in [5, 5.41) is 10.7. The van der Waals surface area contributed by atoms with Crippen molar-refractivity contribution < 1.29 is 28.8 Å². The normalized spacial score (nSPS) is 33.6. The van der Waals surface area contributed by atoms with Gasteiger partial charge >= 0.3 is 0 Å². The van der Waals surface area contributed by atoms with Crippen LogP contribution in [0.15, 0.2) is 30.3 Å². The highest BCUT2D eigenvalue weighted by Crippen LogP contribution is 2.41. The molecule has 0 amide bonds. The Morgan fingerprint density at radius 3 is 2.39 bits per heavy atom. The SMILES string of the molecule is O=CCC1C(O)CC(OC2CCCCO2)C1CCC(Cc1ccccc1)OC1CCCCO1. The lowest BCUT2D eigenvalue weighted by molar-refractivity contribution is -0.200. The predicted octanol–water partition coefficient (Wildman–Crippen LogP) is 4.42. The number of carbonyl (C=O) groups excluding carboxylic acids is 1. The number of carbonyl (C=O) groups is 1. The van der Waals surface area contributed by atoms with E-state index in [1.807, 2.05) is 6.07 Å². The minimum atomic E-state index is -0.510. The van der Waals surface area contributed by atoms with Crippen LogP contribution in [-0.2, 0) is 30.2 Å². The van der Waals surface area contributed by atoms with E-state index < -0.39 is 6.10 Å². The van der Waals surface area contributed by atoms with Crippen LogP contribution in [0.3, 0.4) is 0 Å². The van der Waals surface area contributed by atoms with Crippen LogP contribution in [0.5, 0.6) is 0 Å². The van der Waals surface area contributed by atoms with Crippen LogP contribution in [-0.4, -0.2) is 55.5 Å². The fourth-order valence-corrected chi connectivity index (χ4v) is 5.67. The zero-order valence-corrected chi connectivity index (χ0v) is 19.7. The quantitative estimate of drug-likeness (QED) is 0.493. The summed E-state index contributed by atoms with van der Waals surface area (Å²) in [5.41, 5.74) is 1.25. The Morgan fingerprint density at radius 2 is 1.73 bits per heavy atom. The summed E-state index contributed by atoms with van der Waals surface area (Å²) in [6.45, 7) is 1.49. The molecule has 33 heavy (non-hydrogen) atoms. The fraction of sp³-hybridized carbons (Fsp3) is 0.741. The summed E-state index contributed by atoms with van der Waals surface area (Å²) in [4.78, 5) is 11.4. The van der Waals surface area contributed by atoms with Gasteiger partial charge in [0.1, 0.15) is 6.29 Å². The zero-order chi connectivity index (χ0) is 22.9. The number of rotatable bonds is 11. The molecule has 1 N–H and O–H groups in total. The second kappa shape index (κ2) is 13.0. The third-order valence-corrected chi connectivity index (χ3v) is 7.44. The molecule has 0 radical (unpaired) electrons. The lowest BCUT2D eigenvalue weighted by Gasteiger charge is -2.32. The molecule has 3 fully saturated rings. The van der Waals surface area contributed by atoms with Crippen LogP contribution >= 0.6 is 0 Å². The predicted molar refractivity (Wildman–Crippen MR) is 125 cm³/mol. The topological polar surface area (TPSA) is 74.2 Å². The molecule has 2 heterocycles. The third-order valence-electron chi connectivity index (χ3n) is 7.44. The van der Waals surface area contributed by atoms with Crippen molar-refractivity contribution in [3.05, 3.63) is 35.9 Å². The number of aliphatic hydroxyl groups is 1. The maximum Gasteiger partial charge on any atom is 0.157 e. The number of aldehydes is 1.